The zero-order chi connectivity index (χ0) is 10.3. The van der Waals surface area contributed by atoms with Gasteiger partial charge in [-0.2, -0.15) is 0 Å². The average molecular weight is 180 g/mol. The maximum absolute atomic E-state index is 2.50. The third-order valence-electron chi connectivity index (χ3n) is 6.99. The summed E-state index contributed by atoms with van der Waals surface area (Å²) in [6, 6.07) is 0. The topological polar surface area (TPSA) is 0 Å². The summed E-state index contributed by atoms with van der Waals surface area (Å²) >= 11 is 0. The third kappa shape index (κ3) is 0.593. The molecule has 3 atom stereocenters. The molecule has 0 N–H and O–H groups in total. The van der Waals surface area contributed by atoms with Crippen LogP contribution in [0.2, 0.25) is 0 Å². The third-order valence-corrected chi connectivity index (χ3v) is 6.99. The lowest BCUT2D eigenvalue weighted by molar-refractivity contribution is -0.140. The molecule has 3 saturated carbocycles. The fourth-order valence-corrected chi connectivity index (χ4v) is 4.70. The van der Waals surface area contributed by atoms with Gasteiger partial charge in [0.15, 0.2) is 0 Å². The monoisotopic (exact) mass is 180 g/mol. The van der Waals surface area contributed by atoms with Crippen molar-refractivity contribution in [1.29, 1.82) is 0 Å². The molecular weight excluding hydrogens is 156 g/mol. The van der Waals surface area contributed by atoms with Crippen LogP contribution in [0.15, 0.2) is 0 Å². The molecule has 0 radical (unpaired) electrons. The Morgan fingerprint density at radius 2 is 1.38 bits per heavy atom. The summed E-state index contributed by atoms with van der Waals surface area (Å²) in [5.41, 5.74) is 2.20. The summed E-state index contributed by atoms with van der Waals surface area (Å²) < 4.78 is 0. The highest BCUT2D eigenvalue weighted by atomic mass is 14.8. The maximum Gasteiger partial charge on any atom is -0.0210 e. The molecule has 13 heavy (non-hydrogen) atoms. The van der Waals surface area contributed by atoms with Gasteiger partial charge in [0.25, 0.3) is 0 Å². The first kappa shape index (κ1) is 9.55. The highest BCUT2D eigenvalue weighted by Gasteiger charge is 2.79. The van der Waals surface area contributed by atoms with Crippen molar-refractivity contribution in [3.63, 3.8) is 0 Å². The molecule has 0 heteroatoms. The molecule has 3 unspecified atom stereocenters. The first-order valence-corrected chi connectivity index (χ1v) is 5.61. The summed E-state index contributed by atoms with van der Waals surface area (Å²) in [4.78, 5) is 0. The normalized spacial score (nSPS) is 56.1. The van der Waals surface area contributed by atoms with Crippen molar-refractivity contribution in [2.24, 2.45) is 27.6 Å². The van der Waals surface area contributed by atoms with Gasteiger partial charge in [-0.1, -0.05) is 48.5 Å². The fourth-order valence-electron chi connectivity index (χ4n) is 4.70. The number of rotatable bonds is 0. The standard InChI is InChI=1S/C13H24/c1-9-10(2,3)13(7)8-12(9,6)11(13,4)5/h9H,8H2,1-7H3. The quantitative estimate of drug-likeness (QED) is 0.526. The van der Waals surface area contributed by atoms with Crippen LogP contribution in [0, 0.1) is 27.6 Å². The van der Waals surface area contributed by atoms with Crippen molar-refractivity contribution in [2.75, 3.05) is 0 Å². The molecule has 0 saturated heterocycles. The van der Waals surface area contributed by atoms with E-state index in [-0.39, 0.29) is 0 Å². The van der Waals surface area contributed by atoms with E-state index in [1.54, 1.807) is 0 Å². The van der Waals surface area contributed by atoms with E-state index in [0.29, 0.717) is 21.7 Å². The van der Waals surface area contributed by atoms with Gasteiger partial charge in [0.05, 0.1) is 0 Å². The highest BCUT2D eigenvalue weighted by molar-refractivity contribution is 5.27. The van der Waals surface area contributed by atoms with Crippen molar-refractivity contribution >= 4 is 0 Å². The lowest BCUT2D eigenvalue weighted by Gasteiger charge is -2.62. The van der Waals surface area contributed by atoms with Gasteiger partial charge in [0, 0.05) is 0 Å². The molecule has 3 rings (SSSR count). The van der Waals surface area contributed by atoms with Crippen LogP contribution in [0.1, 0.15) is 54.9 Å². The molecule has 2 bridgehead atoms. The van der Waals surface area contributed by atoms with E-state index in [9.17, 15) is 0 Å². The van der Waals surface area contributed by atoms with Crippen molar-refractivity contribution in [3.8, 4) is 0 Å². The molecule has 3 aliphatic rings. The van der Waals surface area contributed by atoms with E-state index in [1.165, 1.54) is 6.42 Å². The minimum absolute atomic E-state index is 0.519. The predicted molar refractivity (Wildman–Crippen MR) is 57.6 cm³/mol. The van der Waals surface area contributed by atoms with Gasteiger partial charge in [-0.05, 0) is 34.0 Å². The van der Waals surface area contributed by atoms with E-state index in [2.05, 4.69) is 48.5 Å². The molecule has 0 aromatic heterocycles. The predicted octanol–water partition coefficient (Wildman–Crippen LogP) is 4.10. The average Bonchev–Trinajstić information content (AvgIpc) is 2.17. The Morgan fingerprint density at radius 1 is 0.923 bits per heavy atom. The maximum atomic E-state index is 2.50. The van der Waals surface area contributed by atoms with Crippen LogP contribution in [0.25, 0.3) is 0 Å². The zero-order valence-corrected chi connectivity index (χ0v) is 10.3. The van der Waals surface area contributed by atoms with Gasteiger partial charge in [-0.15, -0.1) is 0 Å². The first-order chi connectivity index (χ1) is 5.61. The molecule has 0 aliphatic heterocycles. The Kier molecular flexibility index (Phi) is 1.36. The van der Waals surface area contributed by atoms with E-state index in [1.807, 2.05) is 0 Å². The summed E-state index contributed by atoms with van der Waals surface area (Å²) in [7, 11) is 0. The Hall–Kier alpha value is 0. The second-order valence-corrected chi connectivity index (χ2v) is 6.99. The molecule has 0 spiro atoms. The zero-order valence-electron chi connectivity index (χ0n) is 10.3. The van der Waals surface area contributed by atoms with E-state index < -0.39 is 0 Å². The Balaban J connectivity index is 2.56. The number of fused-ring (bicyclic) bond motifs is 1. The van der Waals surface area contributed by atoms with Crippen molar-refractivity contribution in [2.45, 2.75) is 54.9 Å². The van der Waals surface area contributed by atoms with Crippen LogP contribution in [0.4, 0.5) is 0 Å². The molecular formula is C13H24. The first-order valence-electron chi connectivity index (χ1n) is 5.61. The lowest BCUT2D eigenvalue weighted by atomic mass is 9.42. The van der Waals surface area contributed by atoms with Crippen molar-refractivity contribution in [3.05, 3.63) is 0 Å². The Bertz CT molecular complexity index is 244. The second-order valence-electron chi connectivity index (χ2n) is 6.99. The van der Waals surface area contributed by atoms with Gasteiger partial charge in [-0.25, -0.2) is 0 Å². The van der Waals surface area contributed by atoms with Gasteiger partial charge in [0.2, 0.25) is 0 Å². The van der Waals surface area contributed by atoms with E-state index in [0.717, 1.165) is 5.92 Å². The van der Waals surface area contributed by atoms with Crippen LogP contribution < -0.4 is 0 Å². The van der Waals surface area contributed by atoms with Gasteiger partial charge >= 0.3 is 0 Å². The minimum Gasteiger partial charge on any atom is -0.0614 e. The molecule has 0 aromatic carbocycles. The van der Waals surface area contributed by atoms with Gasteiger partial charge in [-0.3, -0.25) is 0 Å². The summed E-state index contributed by atoms with van der Waals surface area (Å²) in [5.74, 6) is 0.861. The summed E-state index contributed by atoms with van der Waals surface area (Å²) in [5, 5.41) is 0. The van der Waals surface area contributed by atoms with Gasteiger partial charge < -0.3 is 0 Å². The minimum atomic E-state index is 0.519. The molecule has 0 nitrogen and oxygen atoms in total. The molecule has 0 aromatic rings. The largest absolute Gasteiger partial charge is 0.0614 e. The van der Waals surface area contributed by atoms with Gasteiger partial charge in [0.1, 0.15) is 0 Å². The van der Waals surface area contributed by atoms with Crippen LogP contribution >= 0.6 is 0 Å². The van der Waals surface area contributed by atoms with Crippen LogP contribution in [-0.2, 0) is 0 Å². The highest BCUT2D eigenvalue weighted by Crippen LogP contribution is 2.85. The van der Waals surface area contributed by atoms with Crippen molar-refractivity contribution in [1.82, 2.24) is 0 Å². The summed E-state index contributed by atoms with van der Waals surface area (Å²) in [6.07, 6.45) is 1.43. The molecule has 76 valence electrons. The smallest absolute Gasteiger partial charge is 0.0210 e. The van der Waals surface area contributed by atoms with Crippen molar-refractivity contribution < 1.29 is 0 Å². The van der Waals surface area contributed by atoms with E-state index in [4.69, 9.17) is 0 Å². The molecule has 0 amide bonds. The lowest BCUT2D eigenvalue weighted by Crippen LogP contribution is -2.55. The van der Waals surface area contributed by atoms with E-state index >= 15 is 0 Å². The summed E-state index contributed by atoms with van der Waals surface area (Å²) in [6.45, 7) is 17.3. The molecule has 3 fully saturated rings. The second kappa shape index (κ2) is 1.85. The van der Waals surface area contributed by atoms with Crippen LogP contribution in [0.3, 0.4) is 0 Å². The SMILES string of the molecule is CC1C(C)(C)C2(C)CC1(C)C2(C)C. The molecule has 0 heterocycles. The Morgan fingerprint density at radius 3 is 1.46 bits per heavy atom. The van der Waals surface area contributed by atoms with Crippen LogP contribution in [0.5, 0.6) is 0 Å². The molecule has 3 aliphatic carbocycles. The number of hydrogen-bond acceptors (Lipinski definition) is 0. The Labute approximate surface area is 83.1 Å². The number of hydrogen-bond donors (Lipinski definition) is 0. The fraction of sp³-hybridized carbons (Fsp3) is 1.00. The van der Waals surface area contributed by atoms with Crippen LogP contribution in [-0.4, -0.2) is 0 Å².